The number of ether oxygens (including phenoxy) is 2. The number of Topliss-reactive ketones (excluding diaryl/α,β-unsaturated/α-hetero) is 1. The maximum Gasteiger partial charge on any atom is 0.416 e. The van der Waals surface area contributed by atoms with Gasteiger partial charge in [-0.3, -0.25) is 14.4 Å². The van der Waals surface area contributed by atoms with E-state index in [4.69, 9.17) is 9.47 Å². The van der Waals surface area contributed by atoms with Crippen molar-refractivity contribution in [2.75, 3.05) is 18.6 Å². The number of fused-ring (bicyclic) bond motifs is 1. The predicted molar refractivity (Wildman–Crippen MR) is 117 cm³/mol. The Labute approximate surface area is 196 Å². The summed E-state index contributed by atoms with van der Waals surface area (Å²) in [7, 11) is 1.44. The number of alkyl halides is 3. The summed E-state index contributed by atoms with van der Waals surface area (Å²) in [5.74, 6) is -2.65. The van der Waals surface area contributed by atoms with E-state index in [2.05, 4.69) is 0 Å². The van der Waals surface area contributed by atoms with Gasteiger partial charge in [-0.15, -0.1) is 0 Å². The van der Waals surface area contributed by atoms with Crippen LogP contribution in [0.2, 0.25) is 0 Å². The SMILES string of the molecule is COc1cccc(C(=O)COC(=O)c2ccc3c(c2)C(=O)N(c2cccc(C(F)(F)F)c2)C3=O)c1. The third kappa shape index (κ3) is 4.63. The van der Waals surface area contributed by atoms with Crippen LogP contribution in [0.3, 0.4) is 0 Å². The van der Waals surface area contributed by atoms with E-state index in [0.717, 1.165) is 18.2 Å². The molecule has 178 valence electrons. The molecule has 7 nitrogen and oxygen atoms in total. The number of benzene rings is 3. The number of halogens is 3. The molecule has 0 aliphatic carbocycles. The van der Waals surface area contributed by atoms with Gasteiger partial charge in [0, 0.05) is 5.56 Å². The van der Waals surface area contributed by atoms with E-state index in [-0.39, 0.29) is 27.9 Å². The van der Waals surface area contributed by atoms with Gasteiger partial charge in [0.2, 0.25) is 0 Å². The van der Waals surface area contributed by atoms with Crippen LogP contribution in [0.1, 0.15) is 47.0 Å². The highest BCUT2D eigenvalue weighted by molar-refractivity contribution is 6.34. The van der Waals surface area contributed by atoms with Crippen LogP contribution in [0.5, 0.6) is 5.75 Å². The van der Waals surface area contributed by atoms with Crippen molar-refractivity contribution < 1.29 is 41.8 Å². The number of ketones is 1. The van der Waals surface area contributed by atoms with Crippen LogP contribution in [0.15, 0.2) is 66.7 Å². The van der Waals surface area contributed by atoms with Gasteiger partial charge < -0.3 is 9.47 Å². The van der Waals surface area contributed by atoms with E-state index in [1.807, 2.05) is 0 Å². The minimum absolute atomic E-state index is 0.0728. The average Bonchev–Trinajstić information content (AvgIpc) is 3.11. The monoisotopic (exact) mass is 483 g/mol. The number of esters is 1. The summed E-state index contributed by atoms with van der Waals surface area (Å²) in [4.78, 5) is 51.0. The third-order valence-electron chi connectivity index (χ3n) is 5.28. The van der Waals surface area contributed by atoms with Crippen LogP contribution in [0.4, 0.5) is 18.9 Å². The average molecular weight is 483 g/mol. The van der Waals surface area contributed by atoms with Crippen LogP contribution in [-0.2, 0) is 10.9 Å². The van der Waals surface area contributed by atoms with Crippen molar-refractivity contribution in [2.24, 2.45) is 0 Å². The molecule has 0 unspecified atom stereocenters. The smallest absolute Gasteiger partial charge is 0.416 e. The van der Waals surface area contributed by atoms with Gasteiger partial charge in [0.25, 0.3) is 11.8 Å². The normalized spacial score (nSPS) is 13.0. The quantitative estimate of drug-likeness (QED) is 0.290. The molecule has 1 heterocycles. The van der Waals surface area contributed by atoms with E-state index in [9.17, 15) is 32.3 Å². The molecule has 0 spiro atoms. The lowest BCUT2D eigenvalue weighted by Gasteiger charge is -2.16. The van der Waals surface area contributed by atoms with Gasteiger partial charge >= 0.3 is 12.1 Å². The first-order valence-electron chi connectivity index (χ1n) is 10.1. The molecule has 3 aromatic carbocycles. The molecule has 4 rings (SSSR count). The van der Waals surface area contributed by atoms with Crippen LogP contribution in [-0.4, -0.2) is 37.3 Å². The van der Waals surface area contributed by atoms with Crippen LogP contribution in [0, 0.1) is 0 Å². The number of hydrogen-bond acceptors (Lipinski definition) is 6. The summed E-state index contributed by atoms with van der Waals surface area (Å²) >= 11 is 0. The third-order valence-corrected chi connectivity index (χ3v) is 5.28. The highest BCUT2D eigenvalue weighted by Gasteiger charge is 2.39. The lowest BCUT2D eigenvalue weighted by molar-refractivity contribution is -0.137. The fraction of sp³-hybridized carbons (Fsp3) is 0.120. The molecule has 3 aromatic rings. The van der Waals surface area contributed by atoms with Crippen molar-refractivity contribution in [3.8, 4) is 5.75 Å². The largest absolute Gasteiger partial charge is 0.497 e. The Morgan fingerprint density at radius 2 is 1.57 bits per heavy atom. The van der Waals surface area contributed by atoms with Crippen LogP contribution < -0.4 is 9.64 Å². The molecule has 1 aliphatic heterocycles. The Morgan fingerprint density at radius 1 is 0.857 bits per heavy atom. The van der Waals surface area contributed by atoms with E-state index >= 15 is 0 Å². The van der Waals surface area contributed by atoms with Crippen molar-refractivity contribution in [3.05, 3.63) is 94.5 Å². The number of carbonyl (C=O) groups is 4. The molecule has 35 heavy (non-hydrogen) atoms. The predicted octanol–water partition coefficient (Wildman–Crippen LogP) is 4.55. The van der Waals surface area contributed by atoms with Crippen molar-refractivity contribution in [1.82, 2.24) is 0 Å². The number of hydrogen-bond donors (Lipinski definition) is 0. The van der Waals surface area contributed by atoms with Crippen LogP contribution >= 0.6 is 0 Å². The van der Waals surface area contributed by atoms with Gasteiger partial charge in [-0.25, -0.2) is 9.69 Å². The zero-order valence-corrected chi connectivity index (χ0v) is 18.1. The Balaban J connectivity index is 1.52. The Kier molecular flexibility index (Phi) is 6.12. The molecule has 0 fully saturated rings. The summed E-state index contributed by atoms with van der Waals surface area (Å²) in [5.41, 5.74) is -1.34. The molecule has 0 saturated heterocycles. The van der Waals surface area contributed by atoms with Gasteiger partial charge in [0.15, 0.2) is 12.4 Å². The molecule has 0 atom stereocenters. The standard InChI is InChI=1S/C25H16F3NO6/c1-34-18-7-2-4-14(10-18)21(30)13-35-24(33)15-8-9-19-20(11-15)23(32)29(22(19)31)17-6-3-5-16(12-17)25(26,27)28/h2-12H,13H2,1H3. The van der Waals surface area contributed by atoms with E-state index in [0.29, 0.717) is 16.7 Å². The van der Waals surface area contributed by atoms with Gasteiger partial charge in [-0.2, -0.15) is 13.2 Å². The van der Waals surface area contributed by atoms with E-state index < -0.39 is 41.9 Å². The fourth-order valence-corrected chi connectivity index (χ4v) is 3.52. The summed E-state index contributed by atoms with van der Waals surface area (Å²) in [6.45, 7) is -0.577. The molecule has 0 bridgehead atoms. The highest BCUT2D eigenvalue weighted by Crippen LogP contribution is 2.34. The number of anilines is 1. The second-order valence-electron chi connectivity index (χ2n) is 7.49. The molecular formula is C25H16F3NO6. The van der Waals surface area contributed by atoms with Crippen molar-refractivity contribution in [2.45, 2.75) is 6.18 Å². The molecule has 0 saturated carbocycles. The summed E-state index contributed by atoms with van der Waals surface area (Å²) in [6, 6.07) is 13.6. The number of amides is 2. The maximum absolute atomic E-state index is 13.1. The van der Waals surface area contributed by atoms with Crippen molar-refractivity contribution in [1.29, 1.82) is 0 Å². The lowest BCUT2D eigenvalue weighted by Crippen LogP contribution is -2.29. The number of methoxy groups -OCH3 is 1. The highest BCUT2D eigenvalue weighted by atomic mass is 19.4. The molecule has 1 aliphatic rings. The van der Waals surface area contributed by atoms with Gasteiger partial charge in [-0.05, 0) is 48.5 Å². The van der Waals surface area contributed by atoms with E-state index in [1.54, 1.807) is 12.1 Å². The first-order valence-corrected chi connectivity index (χ1v) is 10.1. The molecular weight excluding hydrogens is 467 g/mol. The van der Waals surface area contributed by atoms with Gasteiger partial charge in [0.1, 0.15) is 5.75 Å². The minimum atomic E-state index is -4.66. The number of rotatable bonds is 6. The molecule has 10 heteroatoms. The number of imide groups is 1. The van der Waals surface area contributed by atoms with Crippen molar-refractivity contribution >= 4 is 29.3 Å². The van der Waals surface area contributed by atoms with Gasteiger partial charge in [0.05, 0.1) is 35.1 Å². The van der Waals surface area contributed by atoms with Gasteiger partial charge in [-0.1, -0.05) is 18.2 Å². The minimum Gasteiger partial charge on any atom is -0.497 e. The zero-order chi connectivity index (χ0) is 25.3. The number of carbonyl (C=O) groups excluding carboxylic acids is 4. The first kappa shape index (κ1) is 23.7. The summed E-state index contributed by atoms with van der Waals surface area (Å²) in [5, 5.41) is 0. The molecule has 0 aromatic heterocycles. The maximum atomic E-state index is 13.1. The number of nitrogens with zero attached hydrogens (tertiary/aromatic N) is 1. The fourth-order valence-electron chi connectivity index (χ4n) is 3.52. The topological polar surface area (TPSA) is 90.0 Å². The zero-order valence-electron chi connectivity index (χ0n) is 18.1. The summed E-state index contributed by atoms with van der Waals surface area (Å²) in [6.07, 6.45) is -4.66. The first-order chi connectivity index (χ1) is 16.6. The Bertz CT molecular complexity index is 1370. The van der Waals surface area contributed by atoms with Crippen molar-refractivity contribution in [3.63, 3.8) is 0 Å². The summed E-state index contributed by atoms with van der Waals surface area (Å²) < 4.78 is 49.3. The second kappa shape index (κ2) is 9.05. The Hall–Kier alpha value is -4.47. The van der Waals surface area contributed by atoms with Crippen LogP contribution in [0.25, 0.3) is 0 Å². The molecule has 0 N–H and O–H groups in total. The Morgan fingerprint density at radius 3 is 2.29 bits per heavy atom. The lowest BCUT2D eigenvalue weighted by atomic mass is 10.1. The second-order valence-corrected chi connectivity index (χ2v) is 7.49. The van der Waals surface area contributed by atoms with E-state index in [1.165, 1.54) is 37.4 Å². The molecule has 0 radical (unpaired) electrons. The molecule has 2 amide bonds.